The number of imide groups is 1. The second-order valence-corrected chi connectivity index (χ2v) is 6.47. The Bertz CT molecular complexity index is 753. The van der Waals surface area contributed by atoms with Crippen molar-refractivity contribution in [2.24, 2.45) is 23.2 Å². The molecule has 0 spiro atoms. The Morgan fingerprint density at radius 2 is 2.09 bits per heavy atom. The summed E-state index contributed by atoms with van der Waals surface area (Å²) in [7, 11) is 0. The molecule has 2 amide bonds. The van der Waals surface area contributed by atoms with Crippen LogP contribution in [0.3, 0.4) is 0 Å². The van der Waals surface area contributed by atoms with Crippen molar-refractivity contribution in [3.63, 3.8) is 0 Å². The number of allylic oxidation sites excluding steroid dienone is 2. The molecule has 1 saturated carbocycles. The molecule has 0 radical (unpaired) electrons. The number of carbonyl (C=O) groups excluding carboxylic acids is 3. The Morgan fingerprint density at radius 1 is 1.32 bits per heavy atom. The molecule has 0 aromatic heterocycles. The van der Waals surface area contributed by atoms with Crippen LogP contribution in [0, 0.1) is 23.2 Å². The van der Waals surface area contributed by atoms with Crippen LogP contribution in [0.5, 0.6) is 0 Å². The van der Waals surface area contributed by atoms with Crippen LogP contribution in [-0.4, -0.2) is 17.8 Å². The second kappa shape index (κ2) is 4.06. The molecule has 2 bridgehead atoms. The van der Waals surface area contributed by atoms with E-state index in [1.807, 2.05) is 19.1 Å². The Kier molecular flexibility index (Phi) is 2.45. The zero-order valence-corrected chi connectivity index (χ0v) is 12.0. The molecule has 4 atom stereocenters. The number of carboxylic acid groups (broad SMARTS) is 1. The van der Waals surface area contributed by atoms with Crippen LogP contribution in [0.15, 0.2) is 36.4 Å². The van der Waals surface area contributed by atoms with Crippen LogP contribution in [0.25, 0.3) is 0 Å². The lowest BCUT2D eigenvalue weighted by Gasteiger charge is -2.28. The van der Waals surface area contributed by atoms with E-state index < -0.39 is 11.4 Å². The Morgan fingerprint density at radius 3 is 2.77 bits per heavy atom. The maximum atomic E-state index is 12.9. The summed E-state index contributed by atoms with van der Waals surface area (Å²) in [6.07, 6.45) is 4.92. The van der Waals surface area contributed by atoms with Gasteiger partial charge in [0, 0.05) is 0 Å². The first-order valence-corrected chi connectivity index (χ1v) is 7.32. The fourth-order valence-corrected chi connectivity index (χ4v) is 4.32. The minimum Gasteiger partial charge on any atom is -0.545 e. The van der Waals surface area contributed by atoms with Crippen molar-refractivity contribution < 1.29 is 19.5 Å². The van der Waals surface area contributed by atoms with Crippen molar-refractivity contribution in [2.45, 2.75) is 13.3 Å². The molecule has 1 aliphatic heterocycles. The lowest BCUT2D eigenvalue weighted by Crippen LogP contribution is -2.37. The first-order chi connectivity index (χ1) is 10.4. The van der Waals surface area contributed by atoms with E-state index in [-0.39, 0.29) is 35.1 Å². The number of hydrogen-bond acceptors (Lipinski definition) is 4. The fourth-order valence-electron chi connectivity index (χ4n) is 4.32. The first-order valence-electron chi connectivity index (χ1n) is 7.32. The van der Waals surface area contributed by atoms with Gasteiger partial charge in [0.2, 0.25) is 11.8 Å². The summed E-state index contributed by atoms with van der Waals surface area (Å²) < 4.78 is 0. The van der Waals surface area contributed by atoms with E-state index in [0.717, 1.165) is 11.3 Å². The van der Waals surface area contributed by atoms with Gasteiger partial charge in [-0.25, -0.2) is 4.90 Å². The third-order valence-electron chi connectivity index (χ3n) is 5.45. The van der Waals surface area contributed by atoms with E-state index in [4.69, 9.17) is 0 Å². The molecule has 0 unspecified atom stereocenters. The monoisotopic (exact) mass is 296 g/mol. The molecule has 2 fully saturated rings. The van der Waals surface area contributed by atoms with E-state index in [0.29, 0.717) is 5.69 Å². The number of fused-ring (bicyclic) bond motifs is 5. The number of carbonyl (C=O) groups is 3. The van der Waals surface area contributed by atoms with Gasteiger partial charge in [-0.3, -0.25) is 9.59 Å². The molecule has 2 aliphatic carbocycles. The van der Waals surface area contributed by atoms with Gasteiger partial charge in [0.15, 0.2) is 0 Å². The van der Waals surface area contributed by atoms with Crippen LogP contribution < -0.4 is 10.0 Å². The molecule has 1 saturated heterocycles. The van der Waals surface area contributed by atoms with Gasteiger partial charge in [0.25, 0.3) is 0 Å². The fraction of sp³-hybridized carbons (Fsp3) is 0.353. The van der Waals surface area contributed by atoms with E-state index >= 15 is 0 Å². The quantitative estimate of drug-likeness (QED) is 0.596. The maximum Gasteiger partial charge on any atom is 0.241 e. The minimum atomic E-state index is -1.32. The third-order valence-corrected chi connectivity index (χ3v) is 5.45. The van der Waals surface area contributed by atoms with Gasteiger partial charge in [-0.05, 0) is 42.9 Å². The lowest BCUT2D eigenvalue weighted by atomic mass is 9.71. The number of benzene rings is 1. The highest BCUT2D eigenvalue weighted by Gasteiger charge is 2.67. The summed E-state index contributed by atoms with van der Waals surface area (Å²) in [6.45, 7) is 1.86. The largest absolute Gasteiger partial charge is 0.545 e. The van der Waals surface area contributed by atoms with Gasteiger partial charge < -0.3 is 9.90 Å². The van der Waals surface area contributed by atoms with E-state index in [1.54, 1.807) is 6.07 Å². The number of hydrogen-bond donors (Lipinski definition) is 0. The molecule has 112 valence electrons. The predicted molar refractivity (Wildman–Crippen MR) is 75.6 cm³/mol. The van der Waals surface area contributed by atoms with Crippen molar-refractivity contribution >= 4 is 23.5 Å². The number of aromatic carboxylic acids is 1. The van der Waals surface area contributed by atoms with Gasteiger partial charge in [-0.15, -0.1) is 0 Å². The Hall–Kier alpha value is -2.43. The number of nitrogens with zero attached hydrogens (tertiary/aromatic N) is 1. The first kappa shape index (κ1) is 13.2. The number of amides is 2. The highest BCUT2D eigenvalue weighted by atomic mass is 16.4. The number of anilines is 1. The maximum absolute atomic E-state index is 12.9. The normalized spacial score (nSPS) is 35.3. The van der Waals surface area contributed by atoms with E-state index in [2.05, 4.69) is 0 Å². The molecular weight excluding hydrogens is 282 g/mol. The van der Waals surface area contributed by atoms with E-state index in [1.165, 1.54) is 18.2 Å². The summed E-state index contributed by atoms with van der Waals surface area (Å²) in [5.74, 6) is -1.90. The standard InChI is InChI=1S/C17H15NO4/c1-17-11-6-5-9(7-11)13(17)14(19)18(16(17)22)12-4-2-3-10(8-12)15(20)21/h2-6,8-9,11,13H,7H2,1H3,(H,20,21)/p-1/t9-,11-,13+,17+/m1/s1. The molecule has 5 nitrogen and oxygen atoms in total. The smallest absolute Gasteiger partial charge is 0.241 e. The summed E-state index contributed by atoms with van der Waals surface area (Å²) in [5, 5.41) is 11.0. The van der Waals surface area contributed by atoms with Crippen molar-refractivity contribution in [3.05, 3.63) is 42.0 Å². The van der Waals surface area contributed by atoms with Crippen LogP contribution in [0.1, 0.15) is 23.7 Å². The van der Waals surface area contributed by atoms with Crippen molar-refractivity contribution in [2.75, 3.05) is 4.90 Å². The van der Waals surface area contributed by atoms with Gasteiger partial charge in [-0.1, -0.05) is 24.3 Å². The highest BCUT2D eigenvalue weighted by Crippen LogP contribution is 2.60. The van der Waals surface area contributed by atoms with Crippen LogP contribution in [0.4, 0.5) is 5.69 Å². The van der Waals surface area contributed by atoms with Gasteiger partial charge >= 0.3 is 0 Å². The molecule has 1 aromatic carbocycles. The van der Waals surface area contributed by atoms with Crippen molar-refractivity contribution in [3.8, 4) is 0 Å². The summed E-state index contributed by atoms with van der Waals surface area (Å²) in [5.41, 5.74) is -0.429. The predicted octanol–water partition coefficient (Wildman–Crippen LogP) is 0.752. The SMILES string of the molecule is C[C@@]12C(=O)N(c3cccc(C(=O)[O-])c3)C(=O)[C@@H]1[C@@H]1C=C[C@@H]2C1. The van der Waals surface area contributed by atoms with Gasteiger partial charge in [-0.2, -0.15) is 0 Å². The van der Waals surface area contributed by atoms with Crippen LogP contribution >= 0.6 is 0 Å². The van der Waals surface area contributed by atoms with Crippen LogP contribution in [0.2, 0.25) is 0 Å². The number of rotatable bonds is 2. The zero-order valence-electron chi connectivity index (χ0n) is 12.0. The highest BCUT2D eigenvalue weighted by molar-refractivity contribution is 6.24. The summed E-state index contributed by atoms with van der Waals surface area (Å²) >= 11 is 0. The zero-order chi connectivity index (χ0) is 15.6. The topological polar surface area (TPSA) is 77.5 Å². The summed E-state index contributed by atoms with van der Waals surface area (Å²) in [6, 6.07) is 5.81. The average Bonchev–Trinajstić information content (AvgIpc) is 3.12. The molecule has 3 aliphatic rings. The molecule has 0 N–H and O–H groups in total. The van der Waals surface area contributed by atoms with E-state index in [9.17, 15) is 19.5 Å². The third kappa shape index (κ3) is 1.41. The van der Waals surface area contributed by atoms with Crippen molar-refractivity contribution in [1.29, 1.82) is 0 Å². The molecular formula is C17H14NO4-. The Balaban J connectivity index is 1.79. The van der Waals surface area contributed by atoms with Gasteiger partial charge in [0.05, 0.1) is 23.0 Å². The number of carboxylic acids is 1. The molecule has 1 heterocycles. The van der Waals surface area contributed by atoms with Gasteiger partial charge in [0.1, 0.15) is 0 Å². The van der Waals surface area contributed by atoms with Crippen molar-refractivity contribution in [1.82, 2.24) is 0 Å². The minimum absolute atomic E-state index is 0.0404. The molecule has 5 heteroatoms. The average molecular weight is 296 g/mol. The summed E-state index contributed by atoms with van der Waals surface area (Å²) in [4.78, 5) is 37.8. The Labute approximate surface area is 127 Å². The molecule has 22 heavy (non-hydrogen) atoms. The lowest BCUT2D eigenvalue weighted by molar-refractivity contribution is -0.255. The van der Waals surface area contributed by atoms with Crippen LogP contribution in [-0.2, 0) is 9.59 Å². The molecule has 1 aromatic rings. The molecule has 4 rings (SSSR count). The second-order valence-electron chi connectivity index (χ2n) is 6.47.